The zero-order chi connectivity index (χ0) is 5.54. The number of hydrogen-bond acceptors (Lipinski definition) is 4. The van der Waals surface area contributed by atoms with Gasteiger partial charge in [-0.15, -0.1) is 0 Å². The summed E-state index contributed by atoms with van der Waals surface area (Å²) in [4.78, 5) is 0. The molecule has 0 atom stereocenters. The zero-order valence-corrected chi connectivity index (χ0v) is 4.34. The SMILES string of the molecule is O=POCC=NO. The van der Waals surface area contributed by atoms with Crippen LogP contribution in [-0.4, -0.2) is 18.0 Å². The molecule has 0 aromatic heterocycles. The van der Waals surface area contributed by atoms with Gasteiger partial charge in [-0.1, -0.05) is 5.16 Å². The number of rotatable bonds is 3. The van der Waals surface area contributed by atoms with Crippen LogP contribution in [0.4, 0.5) is 0 Å². The molecule has 4 nitrogen and oxygen atoms in total. The van der Waals surface area contributed by atoms with E-state index >= 15 is 0 Å². The summed E-state index contributed by atoms with van der Waals surface area (Å²) in [6, 6.07) is 0. The van der Waals surface area contributed by atoms with Crippen molar-refractivity contribution >= 4 is 14.9 Å². The average Bonchev–Trinajstić information content (AvgIpc) is 1.69. The molecule has 0 fully saturated rings. The summed E-state index contributed by atoms with van der Waals surface area (Å²) in [6.07, 6.45) is 1.09. The summed E-state index contributed by atoms with van der Waals surface area (Å²) in [7, 11) is -0.398. The minimum Gasteiger partial charge on any atom is -0.411 e. The molecule has 0 saturated heterocycles. The van der Waals surface area contributed by atoms with Gasteiger partial charge in [0.2, 0.25) is 0 Å². The Morgan fingerprint density at radius 1 is 2.00 bits per heavy atom. The van der Waals surface area contributed by atoms with Gasteiger partial charge in [-0.3, -0.25) is 4.52 Å². The van der Waals surface area contributed by atoms with Gasteiger partial charge in [0, 0.05) is 0 Å². The van der Waals surface area contributed by atoms with Crippen LogP contribution in [0.5, 0.6) is 0 Å². The summed E-state index contributed by atoms with van der Waals surface area (Å²) in [5.41, 5.74) is 0. The van der Waals surface area contributed by atoms with E-state index in [4.69, 9.17) is 5.21 Å². The van der Waals surface area contributed by atoms with Crippen molar-refractivity contribution in [3.8, 4) is 0 Å². The molecule has 1 N–H and O–H groups in total. The van der Waals surface area contributed by atoms with Crippen molar-refractivity contribution in [1.82, 2.24) is 0 Å². The first-order valence-corrected chi connectivity index (χ1v) is 2.25. The van der Waals surface area contributed by atoms with Gasteiger partial charge in [0.05, 0.1) is 12.8 Å². The Hall–Kier alpha value is -0.470. The van der Waals surface area contributed by atoms with E-state index in [-0.39, 0.29) is 6.61 Å². The average molecular weight is 121 g/mol. The van der Waals surface area contributed by atoms with E-state index in [1.165, 1.54) is 0 Å². The van der Waals surface area contributed by atoms with Gasteiger partial charge in [0.25, 0.3) is 0 Å². The molecule has 0 rings (SSSR count). The van der Waals surface area contributed by atoms with E-state index in [1.807, 2.05) is 0 Å². The third-order valence-corrected chi connectivity index (χ3v) is 0.538. The van der Waals surface area contributed by atoms with E-state index in [2.05, 4.69) is 9.68 Å². The van der Waals surface area contributed by atoms with Crippen molar-refractivity contribution in [1.29, 1.82) is 0 Å². The Kier molecular flexibility index (Phi) is 5.16. The van der Waals surface area contributed by atoms with Crippen molar-refractivity contribution in [2.24, 2.45) is 5.16 Å². The number of hydrogen-bond donors (Lipinski definition) is 1. The van der Waals surface area contributed by atoms with Crippen LogP contribution in [0.25, 0.3) is 0 Å². The van der Waals surface area contributed by atoms with E-state index < -0.39 is 8.69 Å². The predicted molar refractivity (Wildman–Crippen MR) is 23.8 cm³/mol. The Balaban J connectivity index is 2.82. The first-order chi connectivity index (χ1) is 3.41. The van der Waals surface area contributed by atoms with Crippen LogP contribution in [0.1, 0.15) is 0 Å². The first-order valence-electron chi connectivity index (χ1n) is 1.52. The van der Waals surface area contributed by atoms with Crippen molar-refractivity contribution in [3.63, 3.8) is 0 Å². The van der Waals surface area contributed by atoms with Crippen LogP contribution in [0, 0.1) is 0 Å². The lowest BCUT2D eigenvalue weighted by atomic mass is 10.8. The summed E-state index contributed by atoms with van der Waals surface area (Å²) in [6.45, 7) is 0.0710. The molecule has 0 bridgehead atoms. The molecule has 0 aliphatic heterocycles. The summed E-state index contributed by atoms with van der Waals surface area (Å²) in [5.74, 6) is 0. The van der Waals surface area contributed by atoms with Crippen molar-refractivity contribution in [2.45, 2.75) is 0 Å². The minimum atomic E-state index is -0.398. The van der Waals surface area contributed by atoms with Gasteiger partial charge in [0.15, 0.2) is 0 Å². The van der Waals surface area contributed by atoms with Gasteiger partial charge in [0.1, 0.15) is 0 Å². The van der Waals surface area contributed by atoms with Crippen molar-refractivity contribution in [3.05, 3.63) is 0 Å². The second-order valence-corrected chi connectivity index (χ2v) is 1.08. The standard InChI is InChI=1S/C2H4NO3P/c4-3-1-2-6-7-5/h1,4H,2H2. The Bertz CT molecular complexity index is 73.3. The van der Waals surface area contributed by atoms with Gasteiger partial charge in [-0.05, 0) is 0 Å². The molecule has 0 spiro atoms. The molecule has 0 saturated carbocycles. The van der Waals surface area contributed by atoms with Crippen LogP contribution < -0.4 is 0 Å². The lowest BCUT2D eigenvalue weighted by Crippen LogP contribution is -1.81. The topological polar surface area (TPSA) is 58.9 Å². The maximum absolute atomic E-state index is 9.41. The Morgan fingerprint density at radius 2 is 2.71 bits per heavy atom. The molecular weight excluding hydrogens is 117 g/mol. The fourth-order valence-electron chi connectivity index (χ4n) is 0.0971. The lowest BCUT2D eigenvalue weighted by Gasteiger charge is -1.77. The fraction of sp³-hybridized carbons (Fsp3) is 0.500. The molecule has 0 aromatic rings. The summed E-state index contributed by atoms with van der Waals surface area (Å²) >= 11 is 0. The van der Waals surface area contributed by atoms with Gasteiger partial charge < -0.3 is 5.21 Å². The third kappa shape index (κ3) is 5.53. The lowest BCUT2D eigenvalue weighted by molar-refractivity contribution is 0.315. The highest BCUT2D eigenvalue weighted by Gasteiger charge is 1.74. The van der Waals surface area contributed by atoms with E-state index in [0.29, 0.717) is 0 Å². The van der Waals surface area contributed by atoms with Crippen LogP contribution in [0.2, 0.25) is 0 Å². The van der Waals surface area contributed by atoms with Crippen LogP contribution in [0.15, 0.2) is 5.16 Å². The smallest absolute Gasteiger partial charge is 0.327 e. The molecule has 5 heteroatoms. The minimum absolute atomic E-state index is 0.0710. The highest BCUT2D eigenvalue weighted by molar-refractivity contribution is 7.17. The Labute approximate surface area is 42.1 Å². The number of oxime groups is 1. The normalized spacial score (nSPS) is 10.9. The largest absolute Gasteiger partial charge is 0.411 e. The van der Waals surface area contributed by atoms with Crippen LogP contribution in [-0.2, 0) is 9.09 Å². The highest BCUT2D eigenvalue weighted by Crippen LogP contribution is 1.89. The molecule has 40 valence electrons. The maximum Gasteiger partial charge on any atom is 0.327 e. The molecule has 7 heavy (non-hydrogen) atoms. The second-order valence-electron chi connectivity index (χ2n) is 0.668. The molecule has 0 aliphatic rings. The van der Waals surface area contributed by atoms with E-state index in [9.17, 15) is 4.57 Å². The molecule has 0 amide bonds. The highest BCUT2D eigenvalue weighted by atomic mass is 31.1. The van der Waals surface area contributed by atoms with Crippen molar-refractivity contribution < 1.29 is 14.3 Å². The quantitative estimate of drug-likeness (QED) is 0.196. The summed E-state index contributed by atoms with van der Waals surface area (Å²) < 4.78 is 13.6. The molecule has 0 heterocycles. The molecule has 0 unspecified atom stereocenters. The molecule has 0 aromatic carbocycles. The molecule has 0 radical (unpaired) electrons. The first kappa shape index (κ1) is 6.53. The zero-order valence-electron chi connectivity index (χ0n) is 3.44. The molecule has 0 aliphatic carbocycles. The number of nitrogens with zero attached hydrogens (tertiary/aromatic N) is 1. The predicted octanol–water partition coefficient (Wildman–Crippen LogP) is 0.670. The van der Waals surface area contributed by atoms with E-state index in [0.717, 1.165) is 6.21 Å². The monoisotopic (exact) mass is 121 g/mol. The third-order valence-electron chi connectivity index (χ3n) is 0.283. The Morgan fingerprint density at radius 3 is 3.14 bits per heavy atom. The van der Waals surface area contributed by atoms with Gasteiger partial charge in [-0.25, -0.2) is 4.57 Å². The fourth-order valence-corrected chi connectivity index (χ4v) is 0.225. The maximum atomic E-state index is 9.41. The van der Waals surface area contributed by atoms with Gasteiger partial charge in [-0.2, -0.15) is 0 Å². The van der Waals surface area contributed by atoms with Crippen LogP contribution in [0.3, 0.4) is 0 Å². The van der Waals surface area contributed by atoms with Crippen molar-refractivity contribution in [2.75, 3.05) is 6.61 Å². The van der Waals surface area contributed by atoms with E-state index in [1.54, 1.807) is 0 Å². The van der Waals surface area contributed by atoms with Crippen LogP contribution >= 0.6 is 8.69 Å². The molecular formula is C2H4NO3P. The summed E-state index contributed by atoms with van der Waals surface area (Å²) in [5, 5.41) is 10.3. The second kappa shape index (κ2) is 5.53. The van der Waals surface area contributed by atoms with Gasteiger partial charge >= 0.3 is 8.69 Å².